The molecule has 4 rings (SSSR count). The molecule has 34 heavy (non-hydrogen) atoms. The number of benzene rings is 2. The van der Waals surface area contributed by atoms with Crippen LogP contribution in [0.4, 0.5) is 10.5 Å². The molecule has 1 atom stereocenters. The first kappa shape index (κ1) is 23.9. The Kier molecular flexibility index (Phi) is 7.59. The van der Waals surface area contributed by atoms with Gasteiger partial charge in [-0.15, -0.1) is 0 Å². The minimum atomic E-state index is -0.613. The number of piperazine rings is 1. The second-order valence-electron chi connectivity index (χ2n) is 8.16. The predicted molar refractivity (Wildman–Crippen MR) is 131 cm³/mol. The molecular weight excluding hydrogens is 456 g/mol. The Labute approximate surface area is 204 Å². The van der Waals surface area contributed by atoms with E-state index in [2.05, 4.69) is 26.5 Å². The van der Waals surface area contributed by atoms with Crippen LogP contribution >= 0.6 is 11.6 Å². The Balaban J connectivity index is 1.54. The molecule has 2 aromatic rings. The summed E-state index contributed by atoms with van der Waals surface area (Å²) in [7, 11) is 1.66. The highest BCUT2D eigenvalue weighted by molar-refractivity contribution is 6.30. The minimum Gasteiger partial charge on any atom is -0.497 e. The first-order valence-corrected chi connectivity index (χ1v) is 11.7. The molecule has 0 bridgehead atoms. The lowest BCUT2D eigenvalue weighted by Crippen LogP contribution is -2.51. The van der Waals surface area contributed by atoms with Gasteiger partial charge in [-0.25, -0.2) is 9.59 Å². The van der Waals surface area contributed by atoms with E-state index >= 15 is 0 Å². The molecule has 2 N–H and O–H groups in total. The molecule has 0 aromatic heterocycles. The summed E-state index contributed by atoms with van der Waals surface area (Å²) in [4.78, 5) is 30.0. The second kappa shape index (κ2) is 10.8. The van der Waals surface area contributed by atoms with E-state index in [1.54, 1.807) is 26.2 Å². The standard InChI is InChI=1S/C25H29ClN4O4/c1-3-34-24(31)22-21(27-25(32)28-23(22)17-7-9-18(26)10-8-17)16-29-11-13-30(14-12-29)19-5-4-6-20(15-19)33-2/h4-10,15,23H,3,11-14,16H2,1-2H3,(H2,27,28,32). The van der Waals surface area contributed by atoms with Gasteiger partial charge in [0, 0.05) is 55.2 Å². The van der Waals surface area contributed by atoms with Gasteiger partial charge in [0.2, 0.25) is 0 Å². The molecule has 180 valence electrons. The Morgan fingerprint density at radius 3 is 2.53 bits per heavy atom. The summed E-state index contributed by atoms with van der Waals surface area (Å²) in [6.07, 6.45) is 0. The molecule has 0 saturated carbocycles. The fourth-order valence-electron chi connectivity index (χ4n) is 4.29. The molecule has 0 aliphatic carbocycles. The van der Waals surface area contributed by atoms with Crippen molar-refractivity contribution in [1.29, 1.82) is 0 Å². The minimum absolute atomic E-state index is 0.246. The molecule has 1 saturated heterocycles. The van der Waals surface area contributed by atoms with Gasteiger partial charge in [0.1, 0.15) is 5.75 Å². The van der Waals surface area contributed by atoms with Crippen LogP contribution in [-0.4, -0.2) is 63.3 Å². The van der Waals surface area contributed by atoms with Gasteiger partial charge in [0.15, 0.2) is 0 Å². The molecule has 1 unspecified atom stereocenters. The maximum absolute atomic E-state index is 13.0. The summed E-state index contributed by atoms with van der Waals surface area (Å²) in [5.41, 5.74) is 2.86. The van der Waals surface area contributed by atoms with Gasteiger partial charge in [0.25, 0.3) is 0 Å². The number of hydrogen-bond acceptors (Lipinski definition) is 6. The van der Waals surface area contributed by atoms with Gasteiger partial charge in [0.05, 0.1) is 25.3 Å². The number of nitrogens with zero attached hydrogens (tertiary/aromatic N) is 2. The summed E-state index contributed by atoms with van der Waals surface area (Å²) in [5, 5.41) is 6.29. The van der Waals surface area contributed by atoms with Crippen molar-refractivity contribution in [3.8, 4) is 5.75 Å². The van der Waals surface area contributed by atoms with E-state index in [0.29, 0.717) is 22.8 Å². The summed E-state index contributed by atoms with van der Waals surface area (Å²) < 4.78 is 10.7. The molecular formula is C25H29ClN4O4. The van der Waals surface area contributed by atoms with Crippen LogP contribution in [0, 0.1) is 0 Å². The molecule has 8 nitrogen and oxygen atoms in total. The highest BCUT2D eigenvalue weighted by Crippen LogP contribution is 2.29. The highest BCUT2D eigenvalue weighted by Gasteiger charge is 2.34. The number of anilines is 1. The Morgan fingerprint density at radius 1 is 1.12 bits per heavy atom. The number of nitrogens with one attached hydrogen (secondary N) is 2. The smallest absolute Gasteiger partial charge is 0.338 e. The van der Waals surface area contributed by atoms with Gasteiger partial charge in [-0.05, 0) is 36.8 Å². The van der Waals surface area contributed by atoms with Crippen LogP contribution in [0.1, 0.15) is 18.5 Å². The summed E-state index contributed by atoms with van der Waals surface area (Å²) in [6.45, 7) is 5.66. The third-order valence-electron chi connectivity index (χ3n) is 6.02. The Hall–Kier alpha value is -3.23. The van der Waals surface area contributed by atoms with E-state index in [0.717, 1.165) is 43.2 Å². The van der Waals surface area contributed by atoms with Crippen molar-refractivity contribution in [2.75, 3.05) is 51.3 Å². The Bertz CT molecular complexity index is 1060. The number of rotatable bonds is 7. The van der Waals surface area contributed by atoms with Crippen LogP contribution in [0.25, 0.3) is 0 Å². The van der Waals surface area contributed by atoms with Crippen molar-refractivity contribution >= 4 is 29.3 Å². The average molecular weight is 485 g/mol. The van der Waals surface area contributed by atoms with E-state index in [9.17, 15) is 9.59 Å². The van der Waals surface area contributed by atoms with Crippen molar-refractivity contribution in [1.82, 2.24) is 15.5 Å². The van der Waals surface area contributed by atoms with Crippen molar-refractivity contribution in [2.24, 2.45) is 0 Å². The molecule has 9 heteroatoms. The van der Waals surface area contributed by atoms with E-state index < -0.39 is 12.0 Å². The fraction of sp³-hybridized carbons (Fsp3) is 0.360. The van der Waals surface area contributed by atoms with E-state index in [1.165, 1.54) is 0 Å². The molecule has 2 heterocycles. The maximum Gasteiger partial charge on any atom is 0.338 e. The number of halogens is 1. The number of hydrogen-bond donors (Lipinski definition) is 2. The van der Waals surface area contributed by atoms with Crippen molar-refractivity contribution in [3.05, 3.63) is 70.4 Å². The van der Waals surface area contributed by atoms with Crippen molar-refractivity contribution in [2.45, 2.75) is 13.0 Å². The van der Waals surface area contributed by atoms with E-state index in [-0.39, 0.29) is 12.6 Å². The molecule has 1 fully saturated rings. The number of carbonyl (C=O) groups is 2. The molecule has 2 aromatic carbocycles. The summed E-state index contributed by atoms with van der Waals surface area (Å²) in [6, 6.07) is 14.2. The van der Waals surface area contributed by atoms with Crippen LogP contribution in [-0.2, 0) is 9.53 Å². The summed E-state index contributed by atoms with van der Waals surface area (Å²) >= 11 is 6.04. The van der Waals surface area contributed by atoms with Crippen molar-refractivity contribution < 1.29 is 19.1 Å². The third kappa shape index (κ3) is 5.46. The van der Waals surface area contributed by atoms with Crippen LogP contribution in [0.5, 0.6) is 5.75 Å². The van der Waals surface area contributed by atoms with E-state index in [1.807, 2.05) is 30.3 Å². The number of methoxy groups -OCH3 is 1. The van der Waals surface area contributed by atoms with Gasteiger partial charge in [-0.2, -0.15) is 0 Å². The van der Waals surface area contributed by atoms with Gasteiger partial charge < -0.3 is 25.0 Å². The normalized spacial score (nSPS) is 18.9. The lowest BCUT2D eigenvalue weighted by molar-refractivity contribution is -0.139. The number of carbonyl (C=O) groups excluding carboxylic acids is 2. The fourth-order valence-corrected chi connectivity index (χ4v) is 4.42. The highest BCUT2D eigenvalue weighted by atomic mass is 35.5. The predicted octanol–water partition coefficient (Wildman–Crippen LogP) is 3.34. The zero-order valence-corrected chi connectivity index (χ0v) is 20.1. The van der Waals surface area contributed by atoms with Gasteiger partial charge in [-0.3, -0.25) is 4.90 Å². The molecule has 2 amide bonds. The first-order chi connectivity index (χ1) is 16.5. The number of ether oxygens (including phenoxy) is 2. The number of esters is 1. The molecule has 0 radical (unpaired) electrons. The van der Waals surface area contributed by atoms with Gasteiger partial charge >= 0.3 is 12.0 Å². The van der Waals surface area contributed by atoms with Crippen molar-refractivity contribution in [3.63, 3.8) is 0 Å². The monoisotopic (exact) mass is 484 g/mol. The lowest BCUT2D eigenvalue weighted by Gasteiger charge is -2.38. The van der Waals surface area contributed by atoms with Crippen LogP contribution in [0.2, 0.25) is 5.02 Å². The largest absolute Gasteiger partial charge is 0.497 e. The van der Waals surface area contributed by atoms with Crippen LogP contribution < -0.4 is 20.3 Å². The quantitative estimate of drug-likeness (QED) is 0.586. The topological polar surface area (TPSA) is 83.1 Å². The van der Waals surface area contributed by atoms with Gasteiger partial charge in [-0.1, -0.05) is 29.8 Å². The molecule has 2 aliphatic rings. The maximum atomic E-state index is 13.0. The zero-order chi connectivity index (χ0) is 24.1. The van der Waals surface area contributed by atoms with E-state index in [4.69, 9.17) is 21.1 Å². The second-order valence-corrected chi connectivity index (χ2v) is 8.60. The SMILES string of the molecule is CCOC(=O)C1=C(CN2CCN(c3cccc(OC)c3)CC2)NC(=O)NC1c1ccc(Cl)cc1. The average Bonchev–Trinajstić information content (AvgIpc) is 2.85. The number of amides is 2. The zero-order valence-electron chi connectivity index (χ0n) is 19.3. The van der Waals surface area contributed by atoms with Crippen LogP contribution in [0.15, 0.2) is 59.8 Å². The molecule has 2 aliphatic heterocycles. The summed E-state index contributed by atoms with van der Waals surface area (Å²) in [5.74, 6) is 0.384. The lowest BCUT2D eigenvalue weighted by atomic mass is 9.95. The third-order valence-corrected chi connectivity index (χ3v) is 6.28. The molecule has 0 spiro atoms. The first-order valence-electron chi connectivity index (χ1n) is 11.3. The number of urea groups is 1. The Morgan fingerprint density at radius 2 is 1.85 bits per heavy atom. The van der Waals surface area contributed by atoms with Crippen LogP contribution in [0.3, 0.4) is 0 Å².